The van der Waals surface area contributed by atoms with Gasteiger partial charge in [0.15, 0.2) is 0 Å². The number of nitrogens with two attached hydrogens (primary N) is 1. The number of carbonyl (C=O) groups is 2. The summed E-state index contributed by atoms with van der Waals surface area (Å²) in [5, 5.41) is 2.84. The van der Waals surface area contributed by atoms with Crippen LogP contribution in [0.15, 0.2) is 24.3 Å². The minimum absolute atomic E-state index is 0. The van der Waals surface area contributed by atoms with E-state index in [4.69, 9.17) is 5.73 Å². The lowest BCUT2D eigenvalue weighted by atomic mass is 10.1. The molecule has 1 aliphatic rings. The summed E-state index contributed by atoms with van der Waals surface area (Å²) in [6, 6.07) is 7.71. The van der Waals surface area contributed by atoms with E-state index in [1.54, 1.807) is 0 Å². The number of benzene rings is 1. The number of carbonyl (C=O) groups excluding carboxylic acids is 2. The second kappa shape index (κ2) is 10.2. The quantitative estimate of drug-likeness (QED) is 0.800. The minimum atomic E-state index is -0.0117. The standard InChI is InChI=1S/C17H25N3O2.ClH/c18-11-3-4-16(21)19-15-8-5-14(6-9-15)7-10-17(22)20-12-1-2-13-20;/h5-6,8-9H,1-4,7,10-13,18H2,(H,19,21);1H. The summed E-state index contributed by atoms with van der Waals surface area (Å²) in [7, 11) is 0. The molecule has 0 bridgehead atoms. The molecule has 23 heavy (non-hydrogen) atoms. The summed E-state index contributed by atoms with van der Waals surface area (Å²) in [6.45, 7) is 2.34. The number of halogens is 1. The van der Waals surface area contributed by atoms with E-state index in [0.717, 1.165) is 43.6 Å². The van der Waals surface area contributed by atoms with E-state index in [-0.39, 0.29) is 24.2 Å². The van der Waals surface area contributed by atoms with Crippen LogP contribution in [-0.2, 0) is 16.0 Å². The first-order valence-corrected chi connectivity index (χ1v) is 8.05. The molecule has 1 heterocycles. The van der Waals surface area contributed by atoms with Crippen molar-refractivity contribution in [3.8, 4) is 0 Å². The van der Waals surface area contributed by atoms with Gasteiger partial charge in [-0.25, -0.2) is 0 Å². The summed E-state index contributed by atoms with van der Waals surface area (Å²) in [5.74, 6) is 0.235. The Labute approximate surface area is 144 Å². The van der Waals surface area contributed by atoms with Gasteiger partial charge in [-0.1, -0.05) is 12.1 Å². The fourth-order valence-corrected chi connectivity index (χ4v) is 2.62. The van der Waals surface area contributed by atoms with Crippen molar-refractivity contribution in [3.63, 3.8) is 0 Å². The Morgan fingerprint density at radius 1 is 1.09 bits per heavy atom. The van der Waals surface area contributed by atoms with Crippen LogP contribution in [0.2, 0.25) is 0 Å². The number of hydrogen-bond donors (Lipinski definition) is 2. The van der Waals surface area contributed by atoms with Crippen LogP contribution in [0.25, 0.3) is 0 Å². The Morgan fingerprint density at radius 3 is 2.35 bits per heavy atom. The topological polar surface area (TPSA) is 75.4 Å². The highest BCUT2D eigenvalue weighted by Crippen LogP contribution is 2.14. The molecule has 1 fully saturated rings. The van der Waals surface area contributed by atoms with E-state index >= 15 is 0 Å². The third-order valence-electron chi connectivity index (χ3n) is 3.93. The molecule has 1 aromatic carbocycles. The van der Waals surface area contributed by atoms with Gasteiger partial charge in [0.1, 0.15) is 0 Å². The van der Waals surface area contributed by atoms with Gasteiger partial charge in [0, 0.05) is 31.6 Å². The molecule has 2 amide bonds. The van der Waals surface area contributed by atoms with E-state index in [2.05, 4.69) is 5.32 Å². The number of rotatable bonds is 7. The lowest BCUT2D eigenvalue weighted by molar-refractivity contribution is -0.130. The van der Waals surface area contributed by atoms with Crippen molar-refractivity contribution in [2.45, 2.75) is 38.5 Å². The molecule has 0 radical (unpaired) electrons. The molecule has 0 aromatic heterocycles. The van der Waals surface area contributed by atoms with Crippen molar-refractivity contribution in [1.82, 2.24) is 4.90 Å². The zero-order valence-corrected chi connectivity index (χ0v) is 14.2. The summed E-state index contributed by atoms with van der Waals surface area (Å²) < 4.78 is 0. The number of likely N-dealkylation sites (tertiary alicyclic amines) is 1. The second-order valence-electron chi connectivity index (χ2n) is 5.73. The molecular weight excluding hydrogens is 314 g/mol. The highest BCUT2D eigenvalue weighted by molar-refractivity contribution is 5.90. The highest BCUT2D eigenvalue weighted by atomic mass is 35.5. The number of aryl methyl sites for hydroxylation is 1. The predicted octanol–water partition coefficient (Wildman–Crippen LogP) is 2.34. The normalized spacial score (nSPS) is 13.5. The molecule has 0 aliphatic carbocycles. The van der Waals surface area contributed by atoms with Crippen molar-refractivity contribution in [2.24, 2.45) is 5.73 Å². The largest absolute Gasteiger partial charge is 0.343 e. The van der Waals surface area contributed by atoms with Crippen LogP contribution in [0, 0.1) is 0 Å². The highest BCUT2D eigenvalue weighted by Gasteiger charge is 2.17. The maximum Gasteiger partial charge on any atom is 0.224 e. The van der Waals surface area contributed by atoms with Crippen LogP contribution in [-0.4, -0.2) is 36.3 Å². The molecule has 1 aliphatic heterocycles. The van der Waals surface area contributed by atoms with Crippen molar-refractivity contribution < 1.29 is 9.59 Å². The zero-order valence-electron chi connectivity index (χ0n) is 13.4. The molecule has 0 spiro atoms. The number of hydrogen-bond acceptors (Lipinski definition) is 3. The van der Waals surface area contributed by atoms with Crippen LogP contribution < -0.4 is 11.1 Å². The number of nitrogens with zero attached hydrogens (tertiary/aromatic N) is 1. The van der Waals surface area contributed by atoms with Crippen molar-refractivity contribution >= 4 is 29.9 Å². The number of amides is 2. The summed E-state index contributed by atoms with van der Waals surface area (Å²) in [6.07, 6.45) is 4.71. The summed E-state index contributed by atoms with van der Waals surface area (Å²) in [5.41, 5.74) is 7.29. The van der Waals surface area contributed by atoms with Gasteiger partial charge < -0.3 is 16.0 Å². The SMILES string of the molecule is Cl.NCCCC(=O)Nc1ccc(CCC(=O)N2CCCC2)cc1. The minimum Gasteiger partial charge on any atom is -0.343 e. The number of anilines is 1. The Hall–Kier alpha value is -1.59. The Balaban J connectivity index is 0.00000264. The molecule has 0 unspecified atom stereocenters. The van der Waals surface area contributed by atoms with Gasteiger partial charge in [-0.2, -0.15) is 0 Å². The third-order valence-corrected chi connectivity index (χ3v) is 3.93. The zero-order chi connectivity index (χ0) is 15.8. The lowest BCUT2D eigenvalue weighted by Crippen LogP contribution is -2.27. The first kappa shape index (κ1) is 19.5. The van der Waals surface area contributed by atoms with Crippen molar-refractivity contribution in [1.29, 1.82) is 0 Å². The molecule has 1 saturated heterocycles. The van der Waals surface area contributed by atoms with E-state index < -0.39 is 0 Å². The maximum absolute atomic E-state index is 12.0. The molecule has 128 valence electrons. The van der Waals surface area contributed by atoms with Gasteiger partial charge in [0.25, 0.3) is 0 Å². The lowest BCUT2D eigenvalue weighted by Gasteiger charge is -2.15. The number of nitrogens with one attached hydrogen (secondary N) is 1. The molecule has 6 heteroatoms. The fraction of sp³-hybridized carbons (Fsp3) is 0.529. The van der Waals surface area contributed by atoms with Crippen LogP contribution in [0.5, 0.6) is 0 Å². The van der Waals surface area contributed by atoms with Gasteiger partial charge in [-0.05, 0) is 49.9 Å². The van der Waals surface area contributed by atoms with Gasteiger partial charge in [-0.3, -0.25) is 9.59 Å². The Kier molecular flexibility index (Phi) is 8.66. The van der Waals surface area contributed by atoms with E-state index in [0.29, 0.717) is 25.8 Å². The Morgan fingerprint density at radius 2 is 1.74 bits per heavy atom. The van der Waals surface area contributed by atoms with Crippen LogP contribution in [0.4, 0.5) is 5.69 Å². The molecule has 0 saturated carbocycles. The van der Waals surface area contributed by atoms with Crippen molar-refractivity contribution in [3.05, 3.63) is 29.8 Å². The first-order valence-electron chi connectivity index (χ1n) is 8.05. The molecule has 5 nitrogen and oxygen atoms in total. The van der Waals surface area contributed by atoms with Gasteiger partial charge >= 0.3 is 0 Å². The molecule has 2 rings (SSSR count). The van der Waals surface area contributed by atoms with E-state index in [9.17, 15) is 9.59 Å². The van der Waals surface area contributed by atoms with Gasteiger partial charge in [0.05, 0.1) is 0 Å². The second-order valence-corrected chi connectivity index (χ2v) is 5.73. The average molecular weight is 340 g/mol. The maximum atomic E-state index is 12.0. The Bertz CT molecular complexity index is 499. The van der Waals surface area contributed by atoms with Gasteiger partial charge in [0.2, 0.25) is 11.8 Å². The monoisotopic (exact) mass is 339 g/mol. The third kappa shape index (κ3) is 6.59. The summed E-state index contributed by atoms with van der Waals surface area (Å²) >= 11 is 0. The molecular formula is C17H26ClN3O2. The molecule has 0 atom stereocenters. The fourth-order valence-electron chi connectivity index (χ4n) is 2.62. The first-order chi connectivity index (χ1) is 10.7. The van der Waals surface area contributed by atoms with Crippen molar-refractivity contribution in [2.75, 3.05) is 25.0 Å². The smallest absolute Gasteiger partial charge is 0.224 e. The molecule has 1 aromatic rings. The predicted molar refractivity (Wildman–Crippen MR) is 94.7 cm³/mol. The average Bonchev–Trinajstić information content (AvgIpc) is 3.06. The van der Waals surface area contributed by atoms with Crippen LogP contribution in [0.1, 0.15) is 37.7 Å². The van der Waals surface area contributed by atoms with Gasteiger partial charge in [-0.15, -0.1) is 12.4 Å². The van der Waals surface area contributed by atoms with Crippen LogP contribution in [0.3, 0.4) is 0 Å². The van der Waals surface area contributed by atoms with Crippen LogP contribution >= 0.6 is 12.4 Å². The van der Waals surface area contributed by atoms with E-state index in [1.165, 1.54) is 0 Å². The molecule has 3 N–H and O–H groups in total. The van der Waals surface area contributed by atoms with E-state index in [1.807, 2.05) is 29.2 Å². The summed E-state index contributed by atoms with van der Waals surface area (Å²) in [4.78, 5) is 25.5.